The number of rotatable bonds is 4. The fourth-order valence-electron chi connectivity index (χ4n) is 2.38. The molecule has 1 N–H and O–H groups in total. The summed E-state index contributed by atoms with van der Waals surface area (Å²) in [4.78, 5) is 14.0. The molecule has 2 rings (SSSR count). The number of thioether (sulfide) groups is 1. The van der Waals surface area contributed by atoms with Gasteiger partial charge in [-0.2, -0.15) is 11.8 Å². The molecule has 1 saturated heterocycles. The molecule has 3 nitrogen and oxygen atoms in total. The van der Waals surface area contributed by atoms with Gasteiger partial charge in [0.1, 0.15) is 6.17 Å². The second-order valence-electron chi connectivity index (χ2n) is 5.89. The van der Waals surface area contributed by atoms with Crippen LogP contribution in [0.4, 0.5) is 8.78 Å². The van der Waals surface area contributed by atoms with E-state index in [1.54, 1.807) is 23.6 Å². The van der Waals surface area contributed by atoms with Crippen LogP contribution < -0.4 is 5.32 Å². The number of amides is 1. The van der Waals surface area contributed by atoms with E-state index >= 15 is 0 Å². The van der Waals surface area contributed by atoms with Gasteiger partial charge in [0, 0.05) is 11.3 Å². The zero-order valence-electron chi connectivity index (χ0n) is 12.6. The predicted octanol–water partition coefficient (Wildman–Crippen LogP) is 2.93. The highest BCUT2D eigenvalue weighted by Crippen LogP contribution is 2.31. The highest BCUT2D eigenvalue weighted by molar-refractivity contribution is 7.99. The summed E-state index contributed by atoms with van der Waals surface area (Å²) >= 11 is 1.66. The Morgan fingerprint density at radius 1 is 1.33 bits per heavy atom. The van der Waals surface area contributed by atoms with Gasteiger partial charge < -0.3 is 4.90 Å². The Morgan fingerprint density at radius 2 is 2.00 bits per heavy atom. The van der Waals surface area contributed by atoms with Crippen LogP contribution in [0.5, 0.6) is 0 Å². The van der Waals surface area contributed by atoms with Crippen molar-refractivity contribution in [1.29, 1.82) is 0 Å². The van der Waals surface area contributed by atoms with E-state index in [2.05, 4.69) is 19.2 Å². The zero-order chi connectivity index (χ0) is 15.8. The molecule has 2 unspecified atom stereocenters. The van der Waals surface area contributed by atoms with Crippen LogP contribution >= 0.6 is 11.8 Å². The second kappa shape index (κ2) is 5.93. The SMILES string of the molecule is CSC(C)(C)CN1C(=O)C(C)NC1c1ccc(F)c(F)c1. The summed E-state index contributed by atoms with van der Waals surface area (Å²) < 4.78 is 26.4. The molecular weight excluding hydrogens is 294 g/mol. The molecule has 1 aliphatic heterocycles. The van der Waals surface area contributed by atoms with Crippen molar-refractivity contribution in [1.82, 2.24) is 10.2 Å². The third-order valence-electron chi connectivity index (χ3n) is 3.74. The van der Waals surface area contributed by atoms with Crippen molar-refractivity contribution in [3.8, 4) is 0 Å². The van der Waals surface area contributed by atoms with Gasteiger partial charge in [0.05, 0.1) is 6.04 Å². The number of carbonyl (C=O) groups excluding carboxylic acids is 1. The Hall–Kier alpha value is -1.14. The minimum atomic E-state index is -0.898. The first-order valence-electron chi connectivity index (χ1n) is 6.82. The van der Waals surface area contributed by atoms with Crippen molar-refractivity contribution in [3.63, 3.8) is 0 Å². The molecule has 0 saturated carbocycles. The summed E-state index contributed by atoms with van der Waals surface area (Å²) in [6.07, 6.45) is 1.57. The predicted molar refractivity (Wildman–Crippen MR) is 81.0 cm³/mol. The van der Waals surface area contributed by atoms with Crippen LogP contribution in [0.25, 0.3) is 0 Å². The lowest BCUT2D eigenvalue weighted by Gasteiger charge is -2.32. The number of hydrogen-bond donors (Lipinski definition) is 1. The average Bonchev–Trinajstić information content (AvgIpc) is 2.70. The van der Waals surface area contributed by atoms with Crippen molar-refractivity contribution in [2.24, 2.45) is 0 Å². The van der Waals surface area contributed by atoms with Gasteiger partial charge in [-0.05, 0) is 44.7 Å². The smallest absolute Gasteiger partial charge is 0.241 e. The molecule has 0 bridgehead atoms. The molecule has 1 amide bonds. The summed E-state index contributed by atoms with van der Waals surface area (Å²) in [6.45, 7) is 6.42. The van der Waals surface area contributed by atoms with Gasteiger partial charge in [-0.15, -0.1) is 0 Å². The molecule has 2 atom stereocenters. The van der Waals surface area contributed by atoms with Gasteiger partial charge in [-0.25, -0.2) is 8.78 Å². The van der Waals surface area contributed by atoms with Crippen LogP contribution in [0, 0.1) is 11.6 Å². The number of halogens is 2. The van der Waals surface area contributed by atoms with E-state index in [1.807, 2.05) is 6.26 Å². The van der Waals surface area contributed by atoms with Crippen molar-refractivity contribution >= 4 is 17.7 Å². The number of benzene rings is 1. The van der Waals surface area contributed by atoms with Crippen molar-refractivity contribution in [2.45, 2.75) is 37.7 Å². The maximum absolute atomic E-state index is 13.4. The number of nitrogens with zero attached hydrogens (tertiary/aromatic N) is 1. The molecule has 0 spiro atoms. The lowest BCUT2D eigenvalue weighted by Crippen LogP contribution is -2.40. The molecule has 1 aromatic carbocycles. The number of nitrogens with one attached hydrogen (secondary N) is 1. The quantitative estimate of drug-likeness (QED) is 0.927. The fourth-order valence-corrected chi connectivity index (χ4v) is 2.64. The fraction of sp³-hybridized carbons (Fsp3) is 0.533. The van der Waals surface area contributed by atoms with Crippen LogP contribution in [-0.4, -0.2) is 34.4 Å². The minimum Gasteiger partial charge on any atom is -0.320 e. The van der Waals surface area contributed by atoms with E-state index < -0.39 is 17.8 Å². The largest absolute Gasteiger partial charge is 0.320 e. The highest BCUT2D eigenvalue weighted by atomic mass is 32.2. The van der Waals surface area contributed by atoms with Gasteiger partial charge in [-0.1, -0.05) is 6.07 Å². The maximum Gasteiger partial charge on any atom is 0.241 e. The van der Waals surface area contributed by atoms with Crippen LogP contribution in [0.2, 0.25) is 0 Å². The Morgan fingerprint density at radius 3 is 2.57 bits per heavy atom. The third-order valence-corrected chi connectivity index (χ3v) is 4.97. The molecule has 0 aliphatic carbocycles. The lowest BCUT2D eigenvalue weighted by atomic mass is 10.1. The summed E-state index contributed by atoms with van der Waals surface area (Å²) in [5, 5.41) is 3.14. The Bertz CT molecular complexity index is 550. The topological polar surface area (TPSA) is 32.3 Å². The second-order valence-corrected chi connectivity index (χ2v) is 7.41. The standard InChI is InChI=1S/C15H20F2N2OS/c1-9-14(20)19(8-15(2,3)21-4)13(18-9)10-5-6-11(16)12(17)7-10/h5-7,9,13,18H,8H2,1-4H3. The number of carbonyl (C=O) groups is 1. The molecule has 0 aromatic heterocycles. The molecule has 116 valence electrons. The summed E-state index contributed by atoms with van der Waals surface area (Å²) in [5.74, 6) is -1.80. The van der Waals surface area contributed by atoms with Crippen molar-refractivity contribution < 1.29 is 13.6 Å². The van der Waals surface area contributed by atoms with Crippen molar-refractivity contribution in [2.75, 3.05) is 12.8 Å². The first kappa shape index (κ1) is 16.2. The summed E-state index contributed by atoms with van der Waals surface area (Å²) in [5.41, 5.74) is 0.559. The van der Waals surface area contributed by atoms with E-state index in [1.165, 1.54) is 6.07 Å². The van der Waals surface area contributed by atoms with Crippen LogP contribution in [0.15, 0.2) is 18.2 Å². The Kier molecular flexibility index (Phi) is 4.58. The van der Waals surface area contributed by atoms with E-state index in [0.717, 1.165) is 12.1 Å². The average molecular weight is 314 g/mol. The van der Waals surface area contributed by atoms with E-state index in [9.17, 15) is 13.6 Å². The van der Waals surface area contributed by atoms with Crippen LogP contribution in [-0.2, 0) is 4.79 Å². The summed E-state index contributed by atoms with van der Waals surface area (Å²) in [7, 11) is 0. The zero-order valence-corrected chi connectivity index (χ0v) is 13.4. The van der Waals surface area contributed by atoms with Gasteiger partial charge >= 0.3 is 0 Å². The molecule has 1 heterocycles. The van der Waals surface area contributed by atoms with E-state index in [-0.39, 0.29) is 16.7 Å². The molecule has 1 aliphatic rings. The van der Waals surface area contributed by atoms with Gasteiger partial charge in [-0.3, -0.25) is 10.1 Å². The van der Waals surface area contributed by atoms with Crippen LogP contribution in [0.3, 0.4) is 0 Å². The Balaban J connectivity index is 2.31. The van der Waals surface area contributed by atoms with E-state index in [4.69, 9.17) is 0 Å². The van der Waals surface area contributed by atoms with Crippen molar-refractivity contribution in [3.05, 3.63) is 35.4 Å². The van der Waals surface area contributed by atoms with Gasteiger partial charge in [0.15, 0.2) is 11.6 Å². The Labute approximate surface area is 128 Å². The number of hydrogen-bond acceptors (Lipinski definition) is 3. The normalized spacial score (nSPS) is 23.0. The first-order valence-corrected chi connectivity index (χ1v) is 8.04. The summed E-state index contributed by atoms with van der Waals surface area (Å²) in [6, 6.07) is 3.43. The van der Waals surface area contributed by atoms with E-state index in [0.29, 0.717) is 12.1 Å². The van der Waals surface area contributed by atoms with Gasteiger partial charge in [0.25, 0.3) is 0 Å². The monoisotopic (exact) mass is 314 g/mol. The van der Waals surface area contributed by atoms with Gasteiger partial charge in [0.2, 0.25) is 5.91 Å². The highest BCUT2D eigenvalue weighted by Gasteiger charge is 2.39. The molecule has 1 fully saturated rings. The van der Waals surface area contributed by atoms with Crippen LogP contribution in [0.1, 0.15) is 32.5 Å². The molecule has 21 heavy (non-hydrogen) atoms. The molecule has 0 radical (unpaired) electrons. The maximum atomic E-state index is 13.4. The minimum absolute atomic E-state index is 0.0214. The molecule has 6 heteroatoms. The lowest BCUT2D eigenvalue weighted by molar-refractivity contribution is -0.130. The molecule has 1 aromatic rings. The third kappa shape index (κ3) is 3.37. The molecular formula is C15H20F2N2OS. The first-order chi connectivity index (χ1) is 9.75.